The van der Waals surface area contributed by atoms with Crippen molar-refractivity contribution in [1.82, 2.24) is 5.32 Å². The standard InChI is InChI=1S/C12H13FN2O5S/c1-21-3-2-10(12(17)18)14-11(16)7-4-8(13)6-9(5-7)15(19)20/h4-6,10H,2-3H2,1H3,(H,14,16)(H,17,18)/t10-/m0/s1. The van der Waals surface area contributed by atoms with E-state index in [0.717, 1.165) is 12.1 Å². The van der Waals surface area contributed by atoms with Crippen LogP contribution in [-0.4, -0.2) is 40.0 Å². The molecule has 0 heterocycles. The molecule has 0 aromatic heterocycles. The number of benzene rings is 1. The Kier molecular flexibility index (Phi) is 6.10. The monoisotopic (exact) mass is 316 g/mol. The van der Waals surface area contributed by atoms with Gasteiger partial charge in [0.15, 0.2) is 0 Å². The molecule has 0 spiro atoms. The van der Waals surface area contributed by atoms with E-state index in [4.69, 9.17) is 5.11 Å². The van der Waals surface area contributed by atoms with E-state index < -0.39 is 34.3 Å². The predicted molar refractivity (Wildman–Crippen MR) is 74.9 cm³/mol. The second kappa shape index (κ2) is 7.58. The van der Waals surface area contributed by atoms with Crippen LogP contribution in [0, 0.1) is 15.9 Å². The zero-order valence-corrected chi connectivity index (χ0v) is 11.9. The number of nitro benzene ring substituents is 1. The summed E-state index contributed by atoms with van der Waals surface area (Å²) in [5, 5.41) is 21.8. The number of nitrogens with zero attached hydrogens (tertiary/aromatic N) is 1. The molecule has 2 N–H and O–H groups in total. The molecular weight excluding hydrogens is 303 g/mol. The van der Waals surface area contributed by atoms with Crippen LogP contribution in [-0.2, 0) is 4.79 Å². The summed E-state index contributed by atoms with van der Waals surface area (Å²) < 4.78 is 13.2. The number of nitro groups is 1. The fourth-order valence-electron chi connectivity index (χ4n) is 1.55. The molecule has 0 aliphatic rings. The maximum Gasteiger partial charge on any atom is 0.326 e. The Labute approximate surface area is 123 Å². The van der Waals surface area contributed by atoms with E-state index in [9.17, 15) is 24.1 Å². The molecule has 1 rings (SSSR count). The van der Waals surface area contributed by atoms with Crippen LogP contribution in [0.4, 0.5) is 10.1 Å². The van der Waals surface area contributed by atoms with E-state index in [1.165, 1.54) is 11.8 Å². The molecule has 0 saturated carbocycles. The van der Waals surface area contributed by atoms with Gasteiger partial charge < -0.3 is 10.4 Å². The predicted octanol–water partition coefficient (Wildman–Crippen LogP) is 1.67. The van der Waals surface area contributed by atoms with Crippen molar-refractivity contribution >= 4 is 29.3 Å². The number of carboxylic acid groups (broad SMARTS) is 1. The minimum absolute atomic E-state index is 0.194. The average Bonchev–Trinajstić information content (AvgIpc) is 2.42. The molecule has 0 unspecified atom stereocenters. The van der Waals surface area contributed by atoms with Crippen molar-refractivity contribution in [3.8, 4) is 0 Å². The lowest BCUT2D eigenvalue weighted by Gasteiger charge is -2.13. The minimum atomic E-state index is -1.22. The molecule has 0 fully saturated rings. The van der Waals surface area contributed by atoms with Crippen LogP contribution < -0.4 is 5.32 Å². The first kappa shape index (κ1) is 16.9. The smallest absolute Gasteiger partial charge is 0.326 e. The Morgan fingerprint density at radius 1 is 1.48 bits per heavy atom. The number of thioether (sulfide) groups is 1. The Hall–Kier alpha value is -2.16. The lowest BCUT2D eigenvalue weighted by atomic mass is 10.1. The molecule has 0 aliphatic heterocycles. The van der Waals surface area contributed by atoms with E-state index in [1.54, 1.807) is 6.26 Å². The van der Waals surface area contributed by atoms with Crippen LogP contribution in [0.2, 0.25) is 0 Å². The number of amides is 1. The maximum atomic E-state index is 13.2. The van der Waals surface area contributed by atoms with Gasteiger partial charge in [-0.25, -0.2) is 9.18 Å². The van der Waals surface area contributed by atoms with E-state index in [1.807, 2.05) is 0 Å². The maximum absolute atomic E-state index is 13.2. The first-order valence-corrected chi connectivity index (χ1v) is 7.22. The third kappa shape index (κ3) is 5.03. The number of hydrogen-bond acceptors (Lipinski definition) is 5. The molecule has 1 aromatic carbocycles. The molecule has 1 atom stereocenters. The third-order valence-corrected chi connectivity index (χ3v) is 3.21. The van der Waals surface area contributed by atoms with Gasteiger partial charge in [0.05, 0.1) is 11.0 Å². The molecule has 114 valence electrons. The lowest BCUT2D eigenvalue weighted by molar-refractivity contribution is -0.385. The minimum Gasteiger partial charge on any atom is -0.480 e. The number of rotatable bonds is 7. The molecule has 0 aliphatic carbocycles. The van der Waals surface area contributed by atoms with Gasteiger partial charge in [-0.05, 0) is 24.5 Å². The van der Waals surface area contributed by atoms with E-state index in [0.29, 0.717) is 11.8 Å². The summed E-state index contributed by atoms with van der Waals surface area (Å²) in [6.45, 7) is 0. The zero-order valence-electron chi connectivity index (χ0n) is 11.0. The second-order valence-corrected chi connectivity index (χ2v) is 5.09. The van der Waals surface area contributed by atoms with Crippen LogP contribution in [0.3, 0.4) is 0 Å². The van der Waals surface area contributed by atoms with Crippen LogP contribution in [0.1, 0.15) is 16.8 Å². The number of nitrogens with one attached hydrogen (secondary N) is 1. The van der Waals surface area contributed by atoms with Gasteiger partial charge in [0.1, 0.15) is 11.9 Å². The third-order valence-electron chi connectivity index (χ3n) is 2.57. The number of aliphatic carboxylic acids is 1. The molecule has 21 heavy (non-hydrogen) atoms. The molecule has 0 radical (unpaired) electrons. The van der Waals surface area contributed by atoms with Gasteiger partial charge in [0.25, 0.3) is 11.6 Å². The van der Waals surface area contributed by atoms with Crippen LogP contribution in [0.25, 0.3) is 0 Å². The lowest BCUT2D eigenvalue weighted by Crippen LogP contribution is -2.41. The Morgan fingerprint density at radius 2 is 2.14 bits per heavy atom. The van der Waals surface area contributed by atoms with Gasteiger partial charge in [-0.1, -0.05) is 0 Å². The van der Waals surface area contributed by atoms with Crippen molar-refractivity contribution in [3.05, 3.63) is 39.7 Å². The van der Waals surface area contributed by atoms with Crippen LogP contribution in [0.15, 0.2) is 18.2 Å². The van der Waals surface area contributed by atoms with Crippen LogP contribution in [0.5, 0.6) is 0 Å². The summed E-state index contributed by atoms with van der Waals surface area (Å²) in [5.74, 6) is -2.51. The van der Waals surface area contributed by atoms with E-state index >= 15 is 0 Å². The topological polar surface area (TPSA) is 110 Å². The highest BCUT2D eigenvalue weighted by Gasteiger charge is 2.22. The summed E-state index contributed by atoms with van der Waals surface area (Å²) in [6, 6.07) is 1.26. The first-order chi connectivity index (χ1) is 9.85. The van der Waals surface area contributed by atoms with Crippen molar-refractivity contribution in [2.45, 2.75) is 12.5 Å². The summed E-state index contributed by atoms with van der Waals surface area (Å²) >= 11 is 1.42. The number of carboxylic acids is 1. The van der Waals surface area contributed by atoms with Crippen molar-refractivity contribution in [1.29, 1.82) is 0 Å². The molecule has 7 nitrogen and oxygen atoms in total. The number of hydrogen-bond donors (Lipinski definition) is 2. The van der Waals surface area contributed by atoms with Gasteiger partial charge in [-0.15, -0.1) is 0 Å². The Morgan fingerprint density at radius 3 is 2.67 bits per heavy atom. The van der Waals surface area contributed by atoms with E-state index in [2.05, 4.69) is 5.32 Å². The molecule has 1 aromatic rings. The second-order valence-electron chi connectivity index (χ2n) is 4.10. The van der Waals surface area contributed by atoms with Crippen molar-refractivity contribution in [2.24, 2.45) is 0 Å². The average molecular weight is 316 g/mol. The van der Waals surface area contributed by atoms with Gasteiger partial charge >= 0.3 is 5.97 Å². The van der Waals surface area contributed by atoms with Gasteiger partial charge in [-0.3, -0.25) is 14.9 Å². The van der Waals surface area contributed by atoms with E-state index in [-0.39, 0.29) is 12.0 Å². The number of carbonyl (C=O) groups excluding carboxylic acids is 1. The largest absolute Gasteiger partial charge is 0.480 e. The van der Waals surface area contributed by atoms with Crippen molar-refractivity contribution < 1.29 is 24.0 Å². The highest BCUT2D eigenvalue weighted by Crippen LogP contribution is 2.16. The highest BCUT2D eigenvalue weighted by atomic mass is 32.2. The molecule has 9 heteroatoms. The highest BCUT2D eigenvalue weighted by molar-refractivity contribution is 7.98. The van der Waals surface area contributed by atoms with Gasteiger partial charge in [0.2, 0.25) is 0 Å². The zero-order chi connectivity index (χ0) is 16.0. The molecule has 1 amide bonds. The molecule has 0 saturated heterocycles. The Bertz CT molecular complexity index is 567. The fourth-order valence-corrected chi connectivity index (χ4v) is 2.02. The quantitative estimate of drug-likeness (QED) is 0.585. The number of halogens is 1. The summed E-state index contributed by atoms with van der Waals surface area (Å²) in [5.41, 5.74) is -0.867. The number of carbonyl (C=O) groups is 2. The molecule has 0 bridgehead atoms. The SMILES string of the molecule is CSCC[C@H](NC(=O)c1cc(F)cc([N+](=O)[O-])c1)C(=O)O. The van der Waals surface area contributed by atoms with Crippen molar-refractivity contribution in [2.75, 3.05) is 12.0 Å². The number of non-ortho nitro benzene ring substituents is 1. The molecular formula is C12H13FN2O5S. The fraction of sp³-hybridized carbons (Fsp3) is 0.333. The van der Waals surface area contributed by atoms with Gasteiger partial charge in [0, 0.05) is 11.6 Å². The van der Waals surface area contributed by atoms with Crippen molar-refractivity contribution in [3.63, 3.8) is 0 Å². The summed E-state index contributed by atoms with van der Waals surface area (Å²) in [4.78, 5) is 32.7. The van der Waals surface area contributed by atoms with Crippen LogP contribution >= 0.6 is 11.8 Å². The summed E-state index contributed by atoms with van der Waals surface area (Å²) in [7, 11) is 0. The normalized spacial score (nSPS) is 11.7. The summed E-state index contributed by atoms with van der Waals surface area (Å²) in [6.07, 6.45) is 1.98. The van der Waals surface area contributed by atoms with Gasteiger partial charge in [-0.2, -0.15) is 11.8 Å². The first-order valence-electron chi connectivity index (χ1n) is 5.82. The Balaban J connectivity index is 2.92.